The minimum Gasteiger partial charge on any atom is -0.481 e. The fourth-order valence-electron chi connectivity index (χ4n) is 1.88. The number of carbonyl (C=O) groups is 3. The lowest BCUT2D eigenvalue weighted by Crippen LogP contribution is -2.41. The van der Waals surface area contributed by atoms with E-state index in [0.29, 0.717) is 12.8 Å². The van der Waals surface area contributed by atoms with Gasteiger partial charge >= 0.3 is 11.9 Å². The number of nitrogens with one attached hydrogen (secondary N) is 1. The Balaban J connectivity index is 2.58. The van der Waals surface area contributed by atoms with Crippen LogP contribution in [0.4, 0.5) is 0 Å². The van der Waals surface area contributed by atoms with Crippen LogP contribution in [0.1, 0.15) is 12.8 Å². The van der Waals surface area contributed by atoms with E-state index in [1.165, 1.54) is 4.90 Å². The molecule has 108 valence electrons. The van der Waals surface area contributed by atoms with Gasteiger partial charge in [-0.1, -0.05) is 0 Å². The number of carboxylic acids is 2. The minimum absolute atomic E-state index is 0.194. The van der Waals surface area contributed by atoms with Crippen molar-refractivity contribution in [3.63, 3.8) is 0 Å². The van der Waals surface area contributed by atoms with Crippen molar-refractivity contribution in [1.29, 1.82) is 5.26 Å². The molecule has 1 saturated heterocycles. The van der Waals surface area contributed by atoms with Gasteiger partial charge in [0, 0.05) is 19.3 Å². The molecule has 0 unspecified atom stereocenters. The summed E-state index contributed by atoms with van der Waals surface area (Å²) in [6.45, 7) is 0.154. The van der Waals surface area contributed by atoms with Crippen LogP contribution in [0.15, 0.2) is 11.8 Å². The van der Waals surface area contributed by atoms with Gasteiger partial charge in [0.1, 0.15) is 18.2 Å². The normalized spacial score (nSPS) is 16.4. The summed E-state index contributed by atoms with van der Waals surface area (Å²) >= 11 is 0. The molecular weight excluding hydrogens is 266 g/mol. The lowest BCUT2D eigenvalue weighted by atomic mass is 9.97. The van der Waals surface area contributed by atoms with Crippen LogP contribution in [0.2, 0.25) is 0 Å². The highest BCUT2D eigenvalue weighted by Gasteiger charge is 2.28. The predicted molar refractivity (Wildman–Crippen MR) is 66.3 cm³/mol. The van der Waals surface area contributed by atoms with Gasteiger partial charge in [-0.2, -0.15) is 5.26 Å². The fraction of sp³-hybridized carbons (Fsp3) is 0.500. The van der Waals surface area contributed by atoms with Crippen LogP contribution in [0.5, 0.6) is 0 Å². The van der Waals surface area contributed by atoms with Crippen molar-refractivity contribution in [2.24, 2.45) is 5.92 Å². The van der Waals surface area contributed by atoms with Crippen LogP contribution in [-0.2, 0) is 14.4 Å². The zero-order chi connectivity index (χ0) is 15.1. The Hall–Kier alpha value is -2.56. The molecule has 0 saturated carbocycles. The maximum absolute atomic E-state index is 12.0. The highest BCUT2D eigenvalue weighted by Crippen LogP contribution is 2.18. The Kier molecular flexibility index (Phi) is 5.53. The van der Waals surface area contributed by atoms with Crippen molar-refractivity contribution in [2.45, 2.75) is 12.8 Å². The molecule has 3 N–H and O–H groups in total. The Morgan fingerprint density at radius 2 is 1.90 bits per heavy atom. The molecule has 8 heteroatoms. The first-order valence-electron chi connectivity index (χ1n) is 6.03. The van der Waals surface area contributed by atoms with Crippen LogP contribution in [0.25, 0.3) is 0 Å². The van der Waals surface area contributed by atoms with Gasteiger partial charge in [0.2, 0.25) is 0 Å². The van der Waals surface area contributed by atoms with Crippen molar-refractivity contribution < 1.29 is 24.6 Å². The van der Waals surface area contributed by atoms with E-state index in [1.54, 1.807) is 6.07 Å². The summed E-state index contributed by atoms with van der Waals surface area (Å²) in [5.41, 5.74) is -0.194. The minimum atomic E-state index is -1.10. The van der Waals surface area contributed by atoms with Crippen molar-refractivity contribution >= 4 is 17.8 Å². The molecule has 1 heterocycles. The highest BCUT2D eigenvalue weighted by atomic mass is 16.4. The van der Waals surface area contributed by atoms with Crippen LogP contribution >= 0.6 is 0 Å². The van der Waals surface area contributed by atoms with Crippen LogP contribution in [0.3, 0.4) is 0 Å². The van der Waals surface area contributed by atoms with Gasteiger partial charge in [-0.25, -0.2) is 0 Å². The predicted octanol–water partition coefficient (Wildman–Crippen LogP) is -0.609. The molecule has 1 fully saturated rings. The second-order valence-corrected chi connectivity index (χ2v) is 4.35. The molecule has 0 aliphatic carbocycles. The first kappa shape index (κ1) is 15.5. The Morgan fingerprint density at radius 1 is 1.30 bits per heavy atom. The van der Waals surface area contributed by atoms with Gasteiger partial charge in [0.15, 0.2) is 0 Å². The summed E-state index contributed by atoms with van der Waals surface area (Å²) in [6.07, 6.45) is 1.77. The summed E-state index contributed by atoms with van der Waals surface area (Å²) in [5, 5.41) is 28.5. The molecule has 0 aromatic heterocycles. The van der Waals surface area contributed by atoms with Gasteiger partial charge in [-0.05, 0) is 12.8 Å². The topological polar surface area (TPSA) is 131 Å². The molecule has 1 amide bonds. The number of aliphatic carboxylic acids is 2. The number of rotatable bonds is 5. The van der Waals surface area contributed by atoms with E-state index in [2.05, 4.69) is 5.32 Å². The van der Waals surface area contributed by atoms with Gasteiger partial charge < -0.3 is 20.4 Å². The lowest BCUT2D eigenvalue weighted by molar-refractivity contribution is -0.145. The number of hydrogen-bond acceptors (Lipinski definition) is 5. The lowest BCUT2D eigenvalue weighted by Gasteiger charge is -2.29. The van der Waals surface area contributed by atoms with E-state index >= 15 is 0 Å². The molecule has 1 rings (SSSR count). The number of nitriles is 1. The monoisotopic (exact) mass is 281 g/mol. The van der Waals surface area contributed by atoms with E-state index in [1.807, 2.05) is 0 Å². The zero-order valence-electron chi connectivity index (χ0n) is 10.7. The number of likely N-dealkylation sites (tertiary alicyclic amines) is 1. The highest BCUT2D eigenvalue weighted by molar-refractivity contribution is 5.97. The first-order valence-corrected chi connectivity index (χ1v) is 6.03. The molecule has 20 heavy (non-hydrogen) atoms. The summed E-state index contributed by atoms with van der Waals surface area (Å²) in [6, 6.07) is 1.70. The molecular formula is C12H15N3O5. The maximum Gasteiger partial charge on any atom is 0.322 e. The zero-order valence-corrected chi connectivity index (χ0v) is 10.7. The fourth-order valence-corrected chi connectivity index (χ4v) is 1.88. The van der Waals surface area contributed by atoms with Crippen molar-refractivity contribution in [3.05, 3.63) is 11.8 Å². The number of hydrogen-bond donors (Lipinski definition) is 3. The van der Waals surface area contributed by atoms with Crippen LogP contribution in [0, 0.1) is 17.2 Å². The molecule has 0 radical (unpaired) electrons. The maximum atomic E-state index is 12.0. The third-order valence-electron chi connectivity index (χ3n) is 2.98. The first-order chi connectivity index (χ1) is 9.45. The molecule has 8 nitrogen and oxygen atoms in total. The number of amides is 1. The summed E-state index contributed by atoms with van der Waals surface area (Å²) < 4.78 is 0. The second kappa shape index (κ2) is 7.13. The molecule has 1 aliphatic rings. The summed E-state index contributed by atoms with van der Waals surface area (Å²) in [7, 11) is 0. The average molecular weight is 281 g/mol. The van der Waals surface area contributed by atoms with E-state index in [-0.39, 0.29) is 25.2 Å². The van der Waals surface area contributed by atoms with Gasteiger partial charge in [0.05, 0.1) is 5.92 Å². The Bertz CT molecular complexity index is 472. The van der Waals surface area contributed by atoms with E-state index in [0.717, 1.165) is 6.20 Å². The Morgan fingerprint density at radius 3 is 2.35 bits per heavy atom. The van der Waals surface area contributed by atoms with E-state index < -0.39 is 23.8 Å². The van der Waals surface area contributed by atoms with E-state index in [9.17, 15) is 14.4 Å². The third kappa shape index (κ3) is 4.28. The number of carbonyl (C=O) groups excluding carboxylic acids is 1. The van der Waals surface area contributed by atoms with Gasteiger partial charge in [-0.15, -0.1) is 0 Å². The summed E-state index contributed by atoms with van der Waals surface area (Å²) in [4.78, 5) is 34.5. The van der Waals surface area contributed by atoms with Crippen molar-refractivity contribution in [1.82, 2.24) is 10.2 Å². The average Bonchev–Trinajstić information content (AvgIpc) is 2.42. The quantitative estimate of drug-likeness (QED) is 0.452. The standard InChI is InChI=1S/C12H15N3O5/c13-5-9(6-14-7-10(16)17)11(18)15-3-1-8(2-4-15)12(19)20/h6,8,14H,1-4,7H2,(H,16,17)(H,19,20)/b9-6-. The Labute approximate surface area is 115 Å². The van der Waals surface area contributed by atoms with Crippen molar-refractivity contribution in [3.8, 4) is 6.07 Å². The van der Waals surface area contributed by atoms with Crippen LogP contribution in [-0.4, -0.2) is 52.6 Å². The second-order valence-electron chi connectivity index (χ2n) is 4.35. The molecule has 0 aromatic rings. The third-order valence-corrected chi connectivity index (χ3v) is 2.98. The number of nitrogens with zero attached hydrogens (tertiary/aromatic N) is 2. The SMILES string of the molecule is N#C/C(=C/NCC(=O)O)C(=O)N1CCC(C(=O)O)CC1. The van der Waals surface area contributed by atoms with Gasteiger partial charge in [-0.3, -0.25) is 14.4 Å². The molecule has 0 spiro atoms. The molecule has 0 bridgehead atoms. The number of piperidine rings is 1. The molecule has 1 aliphatic heterocycles. The largest absolute Gasteiger partial charge is 0.481 e. The van der Waals surface area contributed by atoms with Crippen LogP contribution < -0.4 is 5.32 Å². The smallest absolute Gasteiger partial charge is 0.322 e. The number of carboxylic acid groups (broad SMARTS) is 2. The molecule has 0 atom stereocenters. The van der Waals surface area contributed by atoms with E-state index in [4.69, 9.17) is 15.5 Å². The molecule has 0 aromatic carbocycles. The van der Waals surface area contributed by atoms with Crippen molar-refractivity contribution in [2.75, 3.05) is 19.6 Å². The van der Waals surface area contributed by atoms with Gasteiger partial charge in [0.25, 0.3) is 5.91 Å². The summed E-state index contributed by atoms with van der Waals surface area (Å²) in [5.74, 6) is -2.96.